The minimum absolute atomic E-state index is 0.0567. The van der Waals surface area contributed by atoms with E-state index in [1.54, 1.807) is 6.92 Å². The average molecular weight is 829 g/mol. The van der Waals surface area contributed by atoms with Gasteiger partial charge in [-0.1, -0.05) is 40.0 Å². The number of amides is 2. The molecule has 2 heterocycles. The summed E-state index contributed by atoms with van der Waals surface area (Å²) in [7, 11) is 10.4. The average Bonchev–Trinajstić information content (AvgIpc) is 3.79. The van der Waals surface area contributed by atoms with E-state index < -0.39 is 24.2 Å². The molecule has 0 spiro atoms. The molecule has 12 nitrogen and oxygen atoms in total. The standard InChI is InChI=1S/C47H84N6O6/c1-27-38-21-33(47(38,3)4)22-40(27)50-46(57)43-42(28(2)55)41(26-54)59-53(43)24-29-13-12-15-37(44(29)58-9)30-17-31(20-35(19-30)52(7)8)45(56)49-34(25-51(5)6)18-32-23-48-39-16-11-10-14-36(32)39/h27-44,48,54-55H,10-26H2,1-9H3,(H,49,56)(H,50,57)/t27-,28-,29?,30?,31?,32?,33+,34-,35?,36?,37?,38-,39?,40-,41-,42+,43-,44?/m0/s1. The van der Waals surface area contributed by atoms with Gasteiger partial charge in [0.2, 0.25) is 11.8 Å². The molecule has 59 heavy (non-hydrogen) atoms. The molecule has 0 aromatic carbocycles. The van der Waals surface area contributed by atoms with Crippen molar-refractivity contribution in [2.24, 2.45) is 64.6 Å². The van der Waals surface area contributed by atoms with Crippen molar-refractivity contribution in [2.45, 2.75) is 160 Å². The SMILES string of the molecule is COC1C(CN2O[C@@H](CO)[C@@H]([C@H](C)O)[C@H]2C(=O)N[C@H]2C[C@H]3C[C@@H]([C@@H]2C)C3(C)C)CCCC1C1CC(C(=O)N[C@@H](CC2CNC3CCCCC23)CN(C)C)CC(N(C)C)C1. The second-order valence-corrected chi connectivity index (χ2v) is 22.0. The normalized spacial score (nSPS) is 43.2. The van der Waals surface area contributed by atoms with Gasteiger partial charge in [-0.2, -0.15) is 5.06 Å². The molecule has 12 heteroatoms. The molecule has 9 unspecified atom stereocenters. The Morgan fingerprint density at radius 1 is 0.966 bits per heavy atom. The predicted molar refractivity (Wildman–Crippen MR) is 231 cm³/mol. The molecule has 8 aliphatic rings. The first-order valence-corrected chi connectivity index (χ1v) is 24.0. The number of aliphatic hydroxyl groups is 2. The molecular formula is C47H84N6O6. The quantitative estimate of drug-likeness (QED) is 0.164. The van der Waals surface area contributed by atoms with Crippen molar-refractivity contribution in [3.8, 4) is 0 Å². The van der Waals surface area contributed by atoms with Gasteiger partial charge in [-0.15, -0.1) is 0 Å². The Labute approximate surface area is 357 Å². The molecule has 2 amide bonds. The van der Waals surface area contributed by atoms with Crippen molar-refractivity contribution in [3.63, 3.8) is 0 Å². The van der Waals surface area contributed by atoms with Gasteiger partial charge in [0, 0.05) is 62.1 Å². The molecule has 0 radical (unpaired) electrons. The number of hydroxylamine groups is 2. The minimum Gasteiger partial charge on any atom is -0.394 e. The first-order valence-electron chi connectivity index (χ1n) is 24.0. The molecule has 8 fully saturated rings. The van der Waals surface area contributed by atoms with Gasteiger partial charge in [-0.25, -0.2) is 0 Å². The van der Waals surface area contributed by atoms with E-state index in [9.17, 15) is 19.8 Å². The van der Waals surface area contributed by atoms with Gasteiger partial charge in [0.05, 0.1) is 18.8 Å². The Morgan fingerprint density at radius 3 is 2.37 bits per heavy atom. The van der Waals surface area contributed by atoms with E-state index in [1.807, 2.05) is 12.2 Å². The van der Waals surface area contributed by atoms with Crippen molar-refractivity contribution < 1.29 is 29.4 Å². The van der Waals surface area contributed by atoms with Crippen LogP contribution in [0.2, 0.25) is 0 Å². The van der Waals surface area contributed by atoms with Gasteiger partial charge in [0.25, 0.3) is 0 Å². The monoisotopic (exact) mass is 829 g/mol. The summed E-state index contributed by atoms with van der Waals surface area (Å²) < 4.78 is 6.49. The van der Waals surface area contributed by atoms with Crippen LogP contribution in [-0.4, -0.2) is 147 Å². The summed E-state index contributed by atoms with van der Waals surface area (Å²) >= 11 is 0. The van der Waals surface area contributed by atoms with Gasteiger partial charge in [-0.05, 0) is 153 Å². The van der Waals surface area contributed by atoms with Crippen LogP contribution in [0, 0.1) is 64.6 Å². The first-order chi connectivity index (χ1) is 28.1. The van der Waals surface area contributed by atoms with Crippen LogP contribution in [0.25, 0.3) is 0 Å². The molecule has 2 aliphatic heterocycles. The highest BCUT2D eigenvalue weighted by atomic mass is 16.7. The van der Waals surface area contributed by atoms with Crippen LogP contribution in [-0.2, 0) is 19.2 Å². The Kier molecular flexibility index (Phi) is 14.8. The molecule has 2 saturated heterocycles. The van der Waals surface area contributed by atoms with E-state index >= 15 is 0 Å². The number of aliphatic hydroxyl groups excluding tert-OH is 2. The summed E-state index contributed by atoms with van der Waals surface area (Å²) in [4.78, 5) is 39.9. The van der Waals surface area contributed by atoms with Gasteiger partial charge in [0.1, 0.15) is 12.1 Å². The molecule has 338 valence electrons. The predicted octanol–water partition coefficient (Wildman–Crippen LogP) is 4.14. The number of carbonyl (C=O) groups is 2. The lowest BCUT2D eigenvalue weighted by Gasteiger charge is -2.62. The molecular weight excluding hydrogens is 745 g/mol. The third-order valence-electron chi connectivity index (χ3n) is 17.8. The Morgan fingerprint density at radius 2 is 1.71 bits per heavy atom. The number of rotatable bonds is 15. The topological polar surface area (TPSA) is 139 Å². The summed E-state index contributed by atoms with van der Waals surface area (Å²) in [5.74, 6) is 3.14. The molecule has 6 aliphatic carbocycles. The van der Waals surface area contributed by atoms with Gasteiger partial charge >= 0.3 is 0 Å². The number of nitrogens with zero attached hydrogens (tertiary/aromatic N) is 3. The maximum atomic E-state index is 14.5. The van der Waals surface area contributed by atoms with Crippen molar-refractivity contribution >= 4 is 11.8 Å². The van der Waals surface area contributed by atoms with Gasteiger partial charge in [0.15, 0.2) is 0 Å². The summed E-state index contributed by atoms with van der Waals surface area (Å²) in [5, 5.41) is 34.3. The van der Waals surface area contributed by atoms with Crippen LogP contribution >= 0.6 is 0 Å². The van der Waals surface area contributed by atoms with Crippen LogP contribution in [0.4, 0.5) is 0 Å². The molecule has 0 aromatic rings. The molecule has 18 atom stereocenters. The van der Waals surface area contributed by atoms with E-state index in [0.717, 1.165) is 70.4 Å². The zero-order chi connectivity index (χ0) is 42.3. The fourth-order valence-electron chi connectivity index (χ4n) is 14.4. The lowest BCUT2D eigenvalue weighted by molar-refractivity contribution is -0.193. The van der Waals surface area contributed by atoms with E-state index in [4.69, 9.17) is 9.57 Å². The number of ether oxygens (including phenoxy) is 1. The van der Waals surface area contributed by atoms with Crippen molar-refractivity contribution in [3.05, 3.63) is 0 Å². The molecule has 8 rings (SSSR count). The Hall–Kier alpha value is -1.38. The number of hydrogen-bond donors (Lipinski definition) is 5. The first kappa shape index (κ1) is 45.6. The maximum absolute atomic E-state index is 14.5. The minimum atomic E-state index is -0.828. The zero-order valence-electron chi connectivity index (χ0n) is 38.3. The van der Waals surface area contributed by atoms with Crippen molar-refractivity contribution in [1.82, 2.24) is 30.8 Å². The molecule has 6 saturated carbocycles. The third-order valence-corrected chi connectivity index (χ3v) is 17.8. The number of methoxy groups -OCH3 is 1. The van der Waals surface area contributed by atoms with E-state index in [1.165, 1.54) is 32.1 Å². The highest BCUT2D eigenvalue weighted by Gasteiger charge is 2.58. The Balaban J connectivity index is 1.04. The summed E-state index contributed by atoms with van der Waals surface area (Å²) in [5.41, 5.74) is 0.314. The second kappa shape index (κ2) is 19.2. The highest BCUT2D eigenvalue weighted by Crippen LogP contribution is 2.61. The lowest BCUT2D eigenvalue weighted by Crippen LogP contribution is -2.62. The van der Waals surface area contributed by atoms with E-state index in [0.29, 0.717) is 53.6 Å². The fraction of sp³-hybridized carbons (Fsp3) is 0.957. The van der Waals surface area contributed by atoms with Crippen LogP contribution in [0.15, 0.2) is 0 Å². The summed E-state index contributed by atoms with van der Waals surface area (Å²) in [6, 6.07) is 0.479. The molecule has 0 aromatic heterocycles. The van der Waals surface area contributed by atoms with Crippen LogP contribution in [0.1, 0.15) is 111 Å². The van der Waals surface area contributed by atoms with Gasteiger partial charge < -0.3 is 40.7 Å². The fourth-order valence-corrected chi connectivity index (χ4v) is 14.4. The summed E-state index contributed by atoms with van der Waals surface area (Å²) in [6.07, 6.45) is 12.8. The van der Waals surface area contributed by atoms with Gasteiger partial charge in [-0.3, -0.25) is 14.4 Å². The maximum Gasteiger partial charge on any atom is 0.240 e. The lowest BCUT2D eigenvalue weighted by atomic mass is 9.45. The second-order valence-electron chi connectivity index (χ2n) is 22.0. The smallest absolute Gasteiger partial charge is 0.240 e. The number of hydrogen-bond acceptors (Lipinski definition) is 10. The van der Waals surface area contributed by atoms with E-state index in [2.05, 4.69) is 74.7 Å². The summed E-state index contributed by atoms with van der Waals surface area (Å²) in [6.45, 7) is 10.9. The highest BCUT2D eigenvalue weighted by molar-refractivity contribution is 5.83. The number of carbonyl (C=O) groups excluding carboxylic acids is 2. The van der Waals surface area contributed by atoms with Crippen molar-refractivity contribution in [1.29, 1.82) is 0 Å². The number of nitrogens with one attached hydrogen (secondary N) is 3. The molecule has 2 bridgehead atoms. The third kappa shape index (κ3) is 9.60. The van der Waals surface area contributed by atoms with E-state index in [-0.39, 0.29) is 54.4 Å². The molecule has 5 N–H and O–H groups in total. The zero-order valence-corrected chi connectivity index (χ0v) is 38.3. The van der Waals surface area contributed by atoms with Crippen molar-refractivity contribution in [2.75, 3.05) is 61.5 Å². The largest absolute Gasteiger partial charge is 0.394 e. The number of fused-ring (bicyclic) bond motifs is 3. The number of likely N-dealkylation sites (N-methyl/N-ethyl adjacent to an activating group) is 1. The van der Waals surface area contributed by atoms with Crippen LogP contribution in [0.3, 0.4) is 0 Å². The Bertz CT molecular complexity index is 1410. The van der Waals surface area contributed by atoms with Crippen LogP contribution < -0.4 is 16.0 Å². The van der Waals surface area contributed by atoms with Crippen LogP contribution in [0.5, 0.6) is 0 Å².